The molecule has 80 valence electrons. The van der Waals surface area contributed by atoms with Gasteiger partial charge in [0.2, 0.25) is 0 Å². The van der Waals surface area contributed by atoms with Crippen molar-refractivity contribution in [2.75, 3.05) is 26.2 Å². The van der Waals surface area contributed by atoms with Gasteiger partial charge in [-0.05, 0) is 38.3 Å². The summed E-state index contributed by atoms with van der Waals surface area (Å²) in [7, 11) is 0. The molecule has 0 aromatic heterocycles. The standard InChI is InChI=1S/C11H25NO/c1-4-7-12(8-5-2)10-11(3)6-9-13/h11,13H,4-10H2,1-3H3. The smallest absolute Gasteiger partial charge is 0.0434 e. The van der Waals surface area contributed by atoms with Crippen LogP contribution in [0.1, 0.15) is 40.0 Å². The largest absolute Gasteiger partial charge is 0.396 e. The highest BCUT2D eigenvalue weighted by atomic mass is 16.3. The Morgan fingerprint density at radius 2 is 1.69 bits per heavy atom. The molecule has 0 radical (unpaired) electrons. The minimum Gasteiger partial charge on any atom is -0.396 e. The predicted octanol–water partition coefficient (Wildman–Crippen LogP) is 2.13. The van der Waals surface area contributed by atoms with Crippen LogP contribution in [0, 0.1) is 5.92 Å². The molecule has 2 nitrogen and oxygen atoms in total. The summed E-state index contributed by atoms with van der Waals surface area (Å²) in [5.41, 5.74) is 0. The number of hydrogen-bond acceptors (Lipinski definition) is 2. The summed E-state index contributed by atoms with van der Waals surface area (Å²) in [4.78, 5) is 2.50. The molecule has 0 aliphatic carbocycles. The van der Waals surface area contributed by atoms with Gasteiger partial charge in [0.15, 0.2) is 0 Å². The molecule has 0 aromatic carbocycles. The zero-order valence-electron chi connectivity index (χ0n) is 9.42. The zero-order chi connectivity index (χ0) is 10.1. The van der Waals surface area contributed by atoms with Crippen molar-refractivity contribution in [2.24, 2.45) is 5.92 Å². The topological polar surface area (TPSA) is 23.5 Å². The van der Waals surface area contributed by atoms with E-state index in [1.54, 1.807) is 0 Å². The summed E-state index contributed by atoms with van der Waals surface area (Å²) in [6.07, 6.45) is 3.39. The minimum atomic E-state index is 0.327. The fraction of sp³-hybridized carbons (Fsp3) is 1.00. The Morgan fingerprint density at radius 1 is 1.15 bits per heavy atom. The van der Waals surface area contributed by atoms with Crippen LogP contribution in [-0.4, -0.2) is 36.2 Å². The van der Waals surface area contributed by atoms with E-state index >= 15 is 0 Å². The fourth-order valence-corrected chi connectivity index (χ4v) is 1.68. The van der Waals surface area contributed by atoms with Gasteiger partial charge in [-0.2, -0.15) is 0 Å². The van der Waals surface area contributed by atoms with E-state index in [1.165, 1.54) is 25.9 Å². The maximum absolute atomic E-state index is 8.79. The lowest BCUT2D eigenvalue weighted by atomic mass is 10.1. The first-order valence-electron chi connectivity index (χ1n) is 5.57. The number of aliphatic hydroxyl groups excluding tert-OH is 1. The molecule has 1 N–H and O–H groups in total. The molecule has 1 unspecified atom stereocenters. The molecule has 0 fully saturated rings. The van der Waals surface area contributed by atoms with Gasteiger partial charge in [-0.15, -0.1) is 0 Å². The van der Waals surface area contributed by atoms with E-state index in [-0.39, 0.29) is 0 Å². The normalized spacial score (nSPS) is 13.6. The van der Waals surface area contributed by atoms with Crippen LogP contribution in [0.5, 0.6) is 0 Å². The van der Waals surface area contributed by atoms with Gasteiger partial charge in [0.05, 0.1) is 0 Å². The summed E-state index contributed by atoms with van der Waals surface area (Å²) >= 11 is 0. The van der Waals surface area contributed by atoms with E-state index in [0.717, 1.165) is 13.0 Å². The maximum atomic E-state index is 8.79. The van der Waals surface area contributed by atoms with Crippen LogP contribution in [0.25, 0.3) is 0 Å². The van der Waals surface area contributed by atoms with Crippen LogP contribution in [-0.2, 0) is 0 Å². The molecule has 0 amide bonds. The lowest BCUT2D eigenvalue weighted by Gasteiger charge is -2.24. The summed E-state index contributed by atoms with van der Waals surface area (Å²) in [6, 6.07) is 0. The van der Waals surface area contributed by atoms with Crippen molar-refractivity contribution in [3.8, 4) is 0 Å². The Morgan fingerprint density at radius 3 is 2.08 bits per heavy atom. The van der Waals surface area contributed by atoms with Gasteiger partial charge in [0, 0.05) is 13.2 Å². The van der Waals surface area contributed by atoms with Crippen LogP contribution in [0.15, 0.2) is 0 Å². The van der Waals surface area contributed by atoms with Crippen LogP contribution in [0.3, 0.4) is 0 Å². The van der Waals surface area contributed by atoms with Gasteiger partial charge < -0.3 is 10.0 Å². The van der Waals surface area contributed by atoms with Crippen molar-refractivity contribution in [1.29, 1.82) is 0 Å². The Hall–Kier alpha value is -0.0800. The average molecular weight is 187 g/mol. The van der Waals surface area contributed by atoms with Crippen molar-refractivity contribution in [1.82, 2.24) is 4.90 Å². The van der Waals surface area contributed by atoms with Gasteiger partial charge in [-0.1, -0.05) is 20.8 Å². The van der Waals surface area contributed by atoms with E-state index in [2.05, 4.69) is 25.7 Å². The van der Waals surface area contributed by atoms with Crippen LogP contribution in [0.2, 0.25) is 0 Å². The van der Waals surface area contributed by atoms with Crippen LogP contribution in [0.4, 0.5) is 0 Å². The van der Waals surface area contributed by atoms with Crippen LogP contribution >= 0.6 is 0 Å². The molecular weight excluding hydrogens is 162 g/mol. The molecule has 0 saturated heterocycles. The highest BCUT2D eigenvalue weighted by Crippen LogP contribution is 2.05. The highest BCUT2D eigenvalue weighted by molar-refractivity contribution is 4.61. The van der Waals surface area contributed by atoms with Crippen molar-refractivity contribution in [2.45, 2.75) is 40.0 Å². The highest BCUT2D eigenvalue weighted by Gasteiger charge is 2.07. The van der Waals surface area contributed by atoms with Gasteiger partial charge in [0.1, 0.15) is 0 Å². The molecule has 0 spiro atoms. The second-order valence-corrected chi connectivity index (χ2v) is 3.92. The quantitative estimate of drug-likeness (QED) is 0.629. The Balaban J connectivity index is 3.64. The fourth-order valence-electron chi connectivity index (χ4n) is 1.68. The van der Waals surface area contributed by atoms with Crippen molar-refractivity contribution >= 4 is 0 Å². The summed E-state index contributed by atoms with van der Waals surface area (Å²) < 4.78 is 0. The Bertz CT molecular complexity index is 100. The zero-order valence-corrected chi connectivity index (χ0v) is 9.42. The van der Waals surface area contributed by atoms with Gasteiger partial charge in [-0.3, -0.25) is 0 Å². The van der Waals surface area contributed by atoms with E-state index in [4.69, 9.17) is 5.11 Å². The number of rotatable bonds is 8. The maximum Gasteiger partial charge on any atom is 0.0434 e. The molecule has 0 saturated carbocycles. The molecule has 0 heterocycles. The second-order valence-electron chi connectivity index (χ2n) is 3.92. The first-order chi connectivity index (χ1) is 6.24. The third kappa shape index (κ3) is 7.03. The van der Waals surface area contributed by atoms with Gasteiger partial charge in [0.25, 0.3) is 0 Å². The molecule has 0 rings (SSSR count). The van der Waals surface area contributed by atoms with Gasteiger partial charge in [-0.25, -0.2) is 0 Å². The van der Waals surface area contributed by atoms with E-state index in [1.807, 2.05) is 0 Å². The monoisotopic (exact) mass is 187 g/mol. The Kier molecular flexibility index (Phi) is 8.46. The molecule has 0 aliphatic rings. The summed E-state index contributed by atoms with van der Waals surface area (Å²) in [5, 5.41) is 8.79. The molecule has 0 bridgehead atoms. The molecule has 13 heavy (non-hydrogen) atoms. The van der Waals surface area contributed by atoms with Crippen molar-refractivity contribution < 1.29 is 5.11 Å². The van der Waals surface area contributed by atoms with Gasteiger partial charge >= 0.3 is 0 Å². The Labute approximate surface area is 82.9 Å². The van der Waals surface area contributed by atoms with E-state index < -0.39 is 0 Å². The molecular formula is C11H25NO. The van der Waals surface area contributed by atoms with Crippen LogP contribution < -0.4 is 0 Å². The second kappa shape index (κ2) is 8.52. The van der Waals surface area contributed by atoms with Crippen molar-refractivity contribution in [3.63, 3.8) is 0 Å². The first kappa shape index (κ1) is 12.9. The SMILES string of the molecule is CCCN(CCC)CC(C)CCO. The van der Waals surface area contributed by atoms with E-state index in [0.29, 0.717) is 12.5 Å². The average Bonchev–Trinajstić information content (AvgIpc) is 2.05. The first-order valence-corrected chi connectivity index (χ1v) is 5.57. The number of nitrogens with zero attached hydrogens (tertiary/aromatic N) is 1. The number of aliphatic hydroxyl groups is 1. The molecule has 0 aromatic rings. The number of hydrogen-bond donors (Lipinski definition) is 1. The lowest BCUT2D eigenvalue weighted by molar-refractivity contribution is 0.202. The molecule has 1 atom stereocenters. The minimum absolute atomic E-state index is 0.327. The molecule has 0 aliphatic heterocycles. The molecule has 2 heteroatoms. The third-order valence-corrected chi connectivity index (χ3v) is 2.27. The predicted molar refractivity (Wildman–Crippen MR) is 57.9 cm³/mol. The van der Waals surface area contributed by atoms with E-state index in [9.17, 15) is 0 Å². The lowest BCUT2D eigenvalue weighted by Crippen LogP contribution is -2.30. The van der Waals surface area contributed by atoms with Crippen molar-refractivity contribution in [3.05, 3.63) is 0 Å². The third-order valence-electron chi connectivity index (χ3n) is 2.27. The summed E-state index contributed by atoms with van der Waals surface area (Å²) in [6.45, 7) is 10.5. The summed E-state index contributed by atoms with van der Waals surface area (Å²) in [5.74, 6) is 0.628.